The van der Waals surface area contributed by atoms with Gasteiger partial charge in [-0.3, -0.25) is 0 Å². The second kappa shape index (κ2) is 2.29. The van der Waals surface area contributed by atoms with Crippen LogP contribution >= 0.6 is 0 Å². The van der Waals surface area contributed by atoms with Crippen LogP contribution in [0.1, 0.15) is 6.42 Å². The zero-order chi connectivity index (χ0) is 6.91. The molecule has 1 aliphatic rings. The minimum absolute atomic E-state index is 0.720. The second-order valence-corrected chi connectivity index (χ2v) is 9.77. The normalized spacial score (nSPS) is 18.6. The lowest BCUT2D eigenvalue weighted by atomic mass is 10.3. The molecule has 0 aromatic heterocycles. The van der Waals surface area contributed by atoms with Gasteiger partial charge in [0, 0.05) is 8.07 Å². The van der Waals surface area contributed by atoms with Gasteiger partial charge < -0.3 is 0 Å². The van der Waals surface area contributed by atoms with Gasteiger partial charge in [-0.05, 0) is 12.3 Å². The van der Waals surface area contributed by atoms with Crippen LogP contribution in [0.2, 0.25) is 25.7 Å². The van der Waals surface area contributed by atoms with E-state index in [4.69, 9.17) is 0 Å². The molecule has 0 aliphatic heterocycles. The molecule has 0 amide bonds. The number of allylic oxidation sites excluding steroid dienone is 2. The standard InChI is InChI=1S/C8H16Si/c1-9(2,3)7-6-8-4-5-8/h4-5,8H,6-7H2,1-3H3. The fourth-order valence-corrected chi connectivity index (χ4v) is 2.07. The van der Waals surface area contributed by atoms with Crippen LogP contribution in [0.3, 0.4) is 0 Å². The van der Waals surface area contributed by atoms with Gasteiger partial charge in [-0.2, -0.15) is 0 Å². The second-order valence-electron chi connectivity index (χ2n) is 4.15. The van der Waals surface area contributed by atoms with Crippen molar-refractivity contribution in [1.29, 1.82) is 0 Å². The van der Waals surface area contributed by atoms with Gasteiger partial charge in [-0.25, -0.2) is 0 Å². The van der Waals surface area contributed by atoms with Gasteiger partial charge in [0.25, 0.3) is 0 Å². The van der Waals surface area contributed by atoms with Gasteiger partial charge in [0.2, 0.25) is 0 Å². The summed E-state index contributed by atoms with van der Waals surface area (Å²) in [6, 6.07) is 1.49. The van der Waals surface area contributed by atoms with Gasteiger partial charge >= 0.3 is 0 Å². The van der Waals surface area contributed by atoms with E-state index in [1.165, 1.54) is 12.5 Å². The van der Waals surface area contributed by atoms with Crippen molar-refractivity contribution in [2.75, 3.05) is 0 Å². The van der Waals surface area contributed by atoms with Crippen LogP contribution in [0, 0.1) is 5.92 Å². The zero-order valence-corrected chi connectivity index (χ0v) is 7.65. The third-order valence-electron chi connectivity index (χ3n) is 1.69. The van der Waals surface area contributed by atoms with Gasteiger partial charge in [0.1, 0.15) is 0 Å². The van der Waals surface area contributed by atoms with Crippen molar-refractivity contribution in [3.63, 3.8) is 0 Å². The minimum Gasteiger partial charge on any atom is -0.0810 e. The van der Waals surface area contributed by atoms with Crippen LogP contribution in [0.15, 0.2) is 12.2 Å². The maximum Gasteiger partial charge on any atom is 0.0443 e. The molecule has 1 rings (SSSR count). The van der Waals surface area contributed by atoms with Gasteiger partial charge in [0.15, 0.2) is 0 Å². The van der Waals surface area contributed by atoms with E-state index in [1.807, 2.05) is 0 Å². The van der Waals surface area contributed by atoms with Crippen molar-refractivity contribution >= 4 is 8.07 Å². The van der Waals surface area contributed by atoms with E-state index in [1.54, 1.807) is 0 Å². The van der Waals surface area contributed by atoms with Crippen LogP contribution in [0.5, 0.6) is 0 Å². The quantitative estimate of drug-likeness (QED) is 0.418. The summed E-state index contributed by atoms with van der Waals surface area (Å²) < 4.78 is 0. The van der Waals surface area contributed by atoms with E-state index < -0.39 is 8.07 Å². The molecule has 0 fully saturated rings. The van der Waals surface area contributed by atoms with E-state index >= 15 is 0 Å². The van der Waals surface area contributed by atoms with Crippen molar-refractivity contribution < 1.29 is 0 Å². The smallest absolute Gasteiger partial charge is 0.0443 e. The van der Waals surface area contributed by atoms with Gasteiger partial charge in [-0.1, -0.05) is 37.8 Å². The molecule has 0 radical (unpaired) electrons. The molecule has 0 saturated heterocycles. The summed E-state index contributed by atoms with van der Waals surface area (Å²) in [6.07, 6.45) is 6.04. The van der Waals surface area contributed by atoms with E-state index in [-0.39, 0.29) is 0 Å². The van der Waals surface area contributed by atoms with Crippen molar-refractivity contribution in [1.82, 2.24) is 0 Å². The SMILES string of the molecule is C[Si](C)(C)CCC1C=C1. The van der Waals surface area contributed by atoms with Crippen molar-refractivity contribution in [3.8, 4) is 0 Å². The molecule has 52 valence electrons. The summed E-state index contributed by atoms with van der Waals surface area (Å²) in [5.41, 5.74) is 0. The van der Waals surface area contributed by atoms with E-state index in [2.05, 4.69) is 31.8 Å². The fraction of sp³-hybridized carbons (Fsp3) is 0.750. The van der Waals surface area contributed by atoms with Crippen molar-refractivity contribution in [2.45, 2.75) is 32.1 Å². The highest BCUT2D eigenvalue weighted by Gasteiger charge is 2.17. The number of hydrogen-bond acceptors (Lipinski definition) is 0. The molecule has 0 unspecified atom stereocenters. The summed E-state index contributed by atoms with van der Waals surface area (Å²) >= 11 is 0. The molecule has 0 nitrogen and oxygen atoms in total. The topological polar surface area (TPSA) is 0 Å². The Balaban J connectivity index is 2.03. The van der Waals surface area contributed by atoms with Crippen molar-refractivity contribution in [2.24, 2.45) is 5.92 Å². The maximum atomic E-state index is 2.44. The Bertz CT molecular complexity index is 113. The van der Waals surface area contributed by atoms with Gasteiger partial charge in [0.05, 0.1) is 0 Å². The highest BCUT2D eigenvalue weighted by atomic mass is 28.3. The molecule has 0 aromatic carbocycles. The average Bonchev–Trinajstić information content (AvgIpc) is 2.38. The van der Waals surface area contributed by atoms with E-state index in [0.29, 0.717) is 0 Å². The molecule has 0 aromatic rings. The maximum absolute atomic E-state index is 2.44. The van der Waals surface area contributed by atoms with Crippen LogP contribution in [0.25, 0.3) is 0 Å². The Labute approximate surface area is 59.0 Å². The minimum atomic E-state index is -0.720. The molecule has 0 spiro atoms. The summed E-state index contributed by atoms with van der Waals surface area (Å²) in [7, 11) is -0.720. The molecule has 0 bridgehead atoms. The summed E-state index contributed by atoms with van der Waals surface area (Å²) in [6.45, 7) is 7.32. The highest BCUT2D eigenvalue weighted by molar-refractivity contribution is 6.76. The number of rotatable bonds is 3. The average molecular weight is 140 g/mol. The molecule has 0 atom stereocenters. The first-order valence-corrected chi connectivity index (χ1v) is 7.47. The third-order valence-corrected chi connectivity index (χ3v) is 3.48. The number of hydrogen-bond donors (Lipinski definition) is 0. The first-order chi connectivity index (χ1) is 4.08. The van der Waals surface area contributed by atoms with Gasteiger partial charge in [-0.15, -0.1) is 0 Å². The Morgan fingerprint density at radius 2 is 1.78 bits per heavy atom. The molecule has 1 aliphatic carbocycles. The van der Waals surface area contributed by atoms with Crippen LogP contribution in [-0.2, 0) is 0 Å². The van der Waals surface area contributed by atoms with Crippen LogP contribution in [0.4, 0.5) is 0 Å². The van der Waals surface area contributed by atoms with Crippen LogP contribution < -0.4 is 0 Å². The molecule has 0 saturated carbocycles. The molecule has 9 heavy (non-hydrogen) atoms. The summed E-state index contributed by atoms with van der Waals surface area (Å²) in [4.78, 5) is 0. The Hall–Kier alpha value is -0.0431. The highest BCUT2D eigenvalue weighted by Crippen LogP contribution is 2.25. The first-order valence-electron chi connectivity index (χ1n) is 3.76. The zero-order valence-electron chi connectivity index (χ0n) is 6.65. The lowest BCUT2D eigenvalue weighted by Crippen LogP contribution is -2.18. The Morgan fingerprint density at radius 1 is 1.22 bits per heavy atom. The first kappa shape index (κ1) is 7.07. The fourth-order valence-electron chi connectivity index (χ4n) is 0.871. The summed E-state index contributed by atoms with van der Waals surface area (Å²) in [5.74, 6) is 0.900. The molecule has 1 heteroatoms. The van der Waals surface area contributed by atoms with E-state index in [0.717, 1.165) is 5.92 Å². The Kier molecular flexibility index (Phi) is 1.80. The predicted molar refractivity (Wildman–Crippen MR) is 45.4 cm³/mol. The van der Waals surface area contributed by atoms with Crippen molar-refractivity contribution in [3.05, 3.63) is 12.2 Å². The molecule has 0 heterocycles. The lowest BCUT2D eigenvalue weighted by Gasteiger charge is -2.14. The molecular formula is C8H16Si. The largest absolute Gasteiger partial charge is 0.0810 e. The predicted octanol–water partition coefficient (Wildman–Crippen LogP) is 2.90. The molecular weight excluding hydrogens is 124 g/mol. The van der Waals surface area contributed by atoms with E-state index in [9.17, 15) is 0 Å². The van der Waals surface area contributed by atoms with Crippen LogP contribution in [-0.4, -0.2) is 8.07 Å². The lowest BCUT2D eigenvalue weighted by molar-refractivity contribution is 0.848. The monoisotopic (exact) mass is 140 g/mol. The Morgan fingerprint density at radius 3 is 2.11 bits per heavy atom. The third kappa shape index (κ3) is 3.52. The summed E-state index contributed by atoms with van der Waals surface area (Å²) in [5, 5.41) is 0. The molecule has 0 N–H and O–H groups in total.